The molecule has 0 saturated heterocycles. The van der Waals surface area contributed by atoms with E-state index < -0.39 is 26.6 Å². The van der Waals surface area contributed by atoms with E-state index in [0.29, 0.717) is 23.9 Å². The molecular formula is C62H107N2O7P. The third-order valence-corrected chi connectivity index (χ3v) is 12.9. The summed E-state index contributed by atoms with van der Waals surface area (Å²) >= 11 is 0. The molecule has 0 rings (SSSR count). The second kappa shape index (κ2) is 51.2. The highest BCUT2D eigenvalue weighted by Gasteiger charge is 2.27. The quantitative estimate of drug-likeness (QED) is 0.0212. The Bertz CT molecular complexity index is 1600. The number of quaternary nitrogens is 1. The van der Waals surface area contributed by atoms with Crippen molar-refractivity contribution in [2.24, 2.45) is 0 Å². The smallest absolute Gasteiger partial charge is 0.306 e. The average Bonchev–Trinajstić information content (AvgIpc) is 3.34. The molecule has 10 heteroatoms. The summed E-state index contributed by atoms with van der Waals surface area (Å²) in [5.41, 5.74) is 0. The Kier molecular flexibility index (Phi) is 48.8. The molecule has 3 unspecified atom stereocenters. The zero-order valence-corrected chi connectivity index (χ0v) is 47.7. The van der Waals surface area contributed by atoms with Crippen molar-refractivity contribution in [1.29, 1.82) is 0 Å². The molecule has 1 amide bonds. The van der Waals surface area contributed by atoms with Crippen LogP contribution in [0.3, 0.4) is 0 Å². The van der Waals surface area contributed by atoms with Gasteiger partial charge in [0.05, 0.1) is 33.8 Å². The number of carbonyl (C=O) groups is 2. The van der Waals surface area contributed by atoms with Gasteiger partial charge in [-0.1, -0.05) is 208 Å². The number of unbranched alkanes of at least 4 members (excludes halogenated alkanes) is 18. The summed E-state index contributed by atoms with van der Waals surface area (Å²) in [5.74, 6) is -0.599. The van der Waals surface area contributed by atoms with Gasteiger partial charge < -0.3 is 28.5 Å². The van der Waals surface area contributed by atoms with Crippen LogP contribution in [-0.4, -0.2) is 69.4 Å². The molecule has 3 atom stereocenters. The Morgan fingerprint density at radius 2 is 0.889 bits per heavy atom. The highest BCUT2D eigenvalue weighted by Crippen LogP contribution is 2.38. The Labute approximate surface area is 442 Å². The van der Waals surface area contributed by atoms with E-state index in [4.69, 9.17) is 13.8 Å². The number of carbonyl (C=O) groups excluding carboxylic acids is 2. The van der Waals surface area contributed by atoms with E-state index in [1.165, 1.54) is 44.9 Å². The van der Waals surface area contributed by atoms with Gasteiger partial charge in [0, 0.05) is 12.8 Å². The van der Waals surface area contributed by atoms with Crippen LogP contribution in [0.2, 0.25) is 0 Å². The molecule has 0 radical (unpaired) electrons. The first-order chi connectivity index (χ1) is 34.9. The molecule has 1 N–H and O–H groups in total. The van der Waals surface area contributed by atoms with Crippen LogP contribution in [-0.2, 0) is 27.9 Å². The van der Waals surface area contributed by atoms with E-state index in [2.05, 4.69) is 123 Å². The number of hydrogen-bond acceptors (Lipinski definition) is 7. The average molecular weight is 1020 g/mol. The highest BCUT2D eigenvalue weighted by atomic mass is 31.2. The first-order valence-corrected chi connectivity index (χ1v) is 30.2. The third kappa shape index (κ3) is 51.6. The molecule has 0 aromatic carbocycles. The van der Waals surface area contributed by atoms with Crippen LogP contribution >= 0.6 is 7.82 Å². The molecule has 0 heterocycles. The van der Waals surface area contributed by atoms with Gasteiger partial charge in [-0.25, -0.2) is 0 Å². The molecule has 0 spiro atoms. The Hall–Kier alpha value is -3.33. The normalized spacial score (nSPS) is 14.6. The minimum Gasteiger partial charge on any atom is -0.756 e. The van der Waals surface area contributed by atoms with Gasteiger partial charge in [0.15, 0.2) is 0 Å². The van der Waals surface area contributed by atoms with Gasteiger partial charge in [0.2, 0.25) is 5.91 Å². The standard InChI is InChI=1S/C62H107N2O7P/c1-7-10-13-16-19-22-25-27-29-30-31-32-33-34-35-36-39-42-45-48-51-54-61(65)63-59(58-70-72(67,68)69-57-56-64(4,5)6)60(53-50-47-44-41-38-24-21-18-15-12-9-3)71-62(66)55-52-49-46-43-40-37-28-26-23-20-17-14-11-8-2/h10-11,13-14,19-20,22-23,27-29,31-32,34-35,37,50,53,59-60H,7-9,12,15-18,21,24-26,30,33,36,38-49,51-52,54-58H2,1-6H3,(H-,63,65,67,68)/b13-10-,14-11+,22-19-,23-20+,29-27-,32-31-,35-34-,37-28+,53-50-. The highest BCUT2D eigenvalue weighted by molar-refractivity contribution is 7.45. The number of likely N-dealkylation sites (N-methyl/N-ethyl adjacent to an activating group) is 1. The lowest BCUT2D eigenvalue weighted by atomic mass is 10.1. The summed E-state index contributed by atoms with van der Waals surface area (Å²) in [6.07, 6.45) is 69.1. The molecular weight excluding hydrogens is 916 g/mol. The minimum absolute atomic E-state index is 0.0362. The molecule has 0 fully saturated rings. The Morgan fingerprint density at radius 1 is 0.500 bits per heavy atom. The van der Waals surface area contributed by atoms with Gasteiger partial charge in [-0.05, 0) is 109 Å². The molecule has 0 aromatic rings. The predicted molar refractivity (Wildman–Crippen MR) is 307 cm³/mol. The number of ether oxygens (including phenoxy) is 1. The maximum atomic E-state index is 13.5. The van der Waals surface area contributed by atoms with Crippen molar-refractivity contribution < 1.29 is 37.3 Å². The summed E-state index contributed by atoms with van der Waals surface area (Å²) in [7, 11) is 1.14. The van der Waals surface area contributed by atoms with Gasteiger partial charge in [-0.15, -0.1) is 0 Å². The Morgan fingerprint density at radius 3 is 1.33 bits per heavy atom. The van der Waals surface area contributed by atoms with Crippen LogP contribution in [0.15, 0.2) is 109 Å². The molecule has 9 nitrogen and oxygen atoms in total. The molecule has 0 bridgehead atoms. The van der Waals surface area contributed by atoms with Crippen LogP contribution in [0.25, 0.3) is 0 Å². The van der Waals surface area contributed by atoms with E-state index in [-0.39, 0.29) is 31.3 Å². The van der Waals surface area contributed by atoms with Crippen LogP contribution < -0.4 is 10.2 Å². The largest absolute Gasteiger partial charge is 0.756 e. The van der Waals surface area contributed by atoms with Crippen molar-refractivity contribution in [3.05, 3.63) is 109 Å². The lowest BCUT2D eigenvalue weighted by Crippen LogP contribution is -2.47. The van der Waals surface area contributed by atoms with E-state index in [1.54, 1.807) is 0 Å². The van der Waals surface area contributed by atoms with Crippen molar-refractivity contribution in [3.63, 3.8) is 0 Å². The van der Waals surface area contributed by atoms with Gasteiger partial charge >= 0.3 is 5.97 Å². The van der Waals surface area contributed by atoms with Gasteiger partial charge in [0.25, 0.3) is 7.82 Å². The maximum Gasteiger partial charge on any atom is 0.306 e. The van der Waals surface area contributed by atoms with Gasteiger partial charge in [0.1, 0.15) is 19.3 Å². The summed E-state index contributed by atoms with van der Waals surface area (Å²) in [6.45, 7) is 6.55. The molecule has 0 aliphatic heterocycles. The lowest BCUT2D eigenvalue weighted by molar-refractivity contribution is -0.870. The summed E-state index contributed by atoms with van der Waals surface area (Å²) in [4.78, 5) is 39.8. The number of rotatable bonds is 50. The third-order valence-electron chi connectivity index (χ3n) is 11.9. The topological polar surface area (TPSA) is 114 Å². The summed E-state index contributed by atoms with van der Waals surface area (Å²) in [6, 6.07) is -0.914. The number of nitrogens with one attached hydrogen (secondary N) is 1. The van der Waals surface area contributed by atoms with Crippen molar-refractivity contribution in [1.82, 2.24) is 5.32 Å². The number of amides is 1. The summed E-state index contributed by atoms with van der Waals surface area (Å²) < 4.78 is 30.2. The van der Waals surface area contributed by atoms with Crippen LogP contribution in [0.4, 0.5) is 0 Å². The zero-order valence-electron chi connectivity index (χ0n) is 46.8. The van der Waals surface area contributed by atoms with Crippen molar-refractivity contribution in [2.45, 2.75) is 232 Å². The zero-order chi connectivity index (χ0) is 52.9. The lowest BCUT2D eigenvalue weighted by Gasteiger charge is -2.30. The second-order valence-electron chi connectivity index (χ2n) is 20.0. The molecule has 412 valence electrons. The predicted octanol–water partition coefficient (Wildman–Crippen LogP) is 16.7. The fraction of sp³-hybridized carbons (Fsp3) is 0.677. The fourth-order valence-corrected chi connectivity index (χ4v) is 8.28. The minimum atomic E-state index is -4.71. The number of nitrogens with zero attached hydrogens (tertiary/aromatic N) is 1. The van der Waals surface area contributed by atoms with Crippen LogP contribution in [0.5, 0.6) is 0 Å². The molecule has 0 saturated carbocycles. The molecule has 0 aromatic heterocycles. The maximum absolute atomic E-state index is 13.5. The molecule has 72 heavy (non-hydrogen) atoms. The van der Waals surface area contributed by atoms with Crippen molar-refractivity contribution in [2.75, 3.05) is 40.9 Å². The number of hydrogen-bond donors (Lipinski definition) is 1. The first kappa shape index (κ1) is 68.7. The van der Waals surface area contributed by atoms with Crippen molar-refractivity contribution >= 4 is 19.7 Å². The van der Waals surface area contributed by atoms with E-state index in [1.807, 2.05) is 33.3 Å². The Balaban J connectivity index is 5.35. The van der Waals surface area contributed by atoms with E-state index in [0.717, 1.165) is 128 Å². The van der Waals surface area contributed by atoms with Crippen LogP contribution in [0, 0.1) is 0 Å². The first-order valence-electron chi connectivity index (χ1n) is 28.7. The summed E-state index contributed by atoms with van der Waals surface area (Å²) in [5, 5.41) is 3.00. The van der Waals surface area contributed by atoms with Crippen LogP contribution in [0.1, 0.15) is 220 Å². The second-order valence-corrected chi connectivity index (χ2v) is 21.4. The van der Waals surface area contributed by atoms with E-state index >= 15 is 0 Å². The van der Waals surface area contributed by atoms with Crippen molar-refractivity contribution in [3.8, 4) is 0 Å². The van der Waals surface area contributed by atoms with E-state index in [9.17, 15) is 19.0 Å². The number of allylic oxidation sites excluding steroid dienone is 17. The van der Waals surface area contributed by atoms with Gasteiger partial charge in [-0.3, -0.25) is 14.2 Å². The fourth-order valence-electron chi connectivity index (χ4n) is 7.56. The van der Waals surface area contributed by atoms with Gasteiger partial charge in [-0.2, -0.15) is 0 Å². The number of esters is 1. The SMILES string of the molecule is CC/C=C\C/C=C\C/C=C\C/C=C\C/C=C\CCCCCCCC(=O)NC(COP(=O)([O-])OCC[N+](C)(C)C)C(/C=C\CCCCCCCCCCC)OC(=O)CCCCCC/C=C/C/C=C/C/C=C/CC. The number of phosphoric ester groups is 1. The molecule has 0 aliphatic rings. The number of phosphoric acid groups is 1. The monoisotopic (exact) mass is 1020 g/mol. The molecule has 0 aliphatic carbocycles.